The first-order valence-corrected chi connectivity index (χ1v) is 14.7. The zero-order valence-electron chi connectivity index (χ0n) is 22.8. The van der Waals surface area contributed by atoms with Gasteiger partial charge in [-0.25, -0.2) is 9.78 Å². The van der Waals surface area contributed by atoms with Crippen LogP contribution in [0.1, 0.15) is 66.1 Å². The van der Waals surface area contributed by atoms with Gasteiger partial charge in [-0.15, -0.1) is 0 Å². The maximum absolute atomic E-state index is 13.5. The molecule has 1 aromatic heterocycles. The Morgan fingerprint density at radius 2 is 1.80 bits per heavy atom. The lowest BCUT2D eigenvalue weighted by molar-refractivity contribution is -0.132. The summed E-state index contributed by atoms with van der Waals surface area (Å²) in [7, 11) is 0. The third-order valence-corrected chi connectivity index (χ3v) is 7.91. The molecule has 4 rings (SSSR count). The number of esters is 1. The fraction of sp³-hybridized carbons (Fsp3) is 0.333. The maximum atomic E-state index is 13.5. The van der Waals surface area contributed by atoms with Gasteiger partial charge in [-0.1, -0.05) is 66.6 Å². The van der Waals surface area contributed by atoms with E-state index in [1.807, 2.05) is 13.8 Å². The van der Waals surface area contributed by atoms with E-state index in [4.69, 9.17) is 9.47 Å². The Kier molecular flexibility index (Phi) is 9.42. The third-order valence-electron chi connectivity index (χ3n) is 6.25. The number of unbranched alkanes of at least 4 members (excludes halogenated alkanes) is 1. The smallest absolute Gasteiger partial charge is 0.350 e. The van der Waals surface area contributed by atoms with Crippen molar-refractivity contribution in [2.45, 2.75) is 46.6 Å². The second-order valence-corrected chi connectivity index (χ2v) is 11.7. The average Bonchev–Trinajstić information content (AvgIpc) is 3.44. The van der Waals surface area contributed by atoms with E-state index in [-0.39, 0.29) is 33.9 Å². The maximum Gasteiger partial charge on any atom is 0.350 e. The number of Topliss-reactive ketones (excluding diaryl/α,β-unsaturated/α-hetero) is 1. The Labute approximate surface area is 245 Å². The van der Waals surface area contributed by atoms with E-state index >= 15 is 0 Å². The number of ketones is 1. The molecule has 1 saturated heterocycles. The Morgan fingerprint density at radius 1 is 1.12 bits per heavy atom. The summed E-state index contributed by atoms with van der Waals surface area (Å²) in [5.41, 5.74) is 1.30. The molecule has 210 valence electrons. The number of ether oxygens (including phenoxy) is 2. The second-order valence-electron chi connectivity index (χ2n) is 9.85. The minimum Gasteiger partial charge on any atom is -0.507 e. The van der Waals surface area contributed by atoms with Crippen LogP contribution in [0.4, 0.5) is 5.13 Å². The summed E-state index contributed by atoms with van der Waals surface area (Å²) >= 11 is 4.40. The molecule has 0 spiro atoms. The molecule has 2 aromatic carbocycles. The number of benzene rings is 2. The SMILES string of the molecule is CCCCOc1ccc(C(O)=C2C(=O)C(=O)N(c3nc(C)c(C(=O)OCC(C)C)s3)[C@@H]2c2ccc(Br)cc2)cc1. The molecular weight excluding hydrogens is 596 g/mol. The van der Waals surface area contributed by atoms with Gasteiger partial charge in [0.25, 0.3) is 5.78 Å². The minimum atomic E-state index is -0.960. The normalized spacial score (nSPS) is 16.6. The van der Waals surface area contributed by atoms with Gasteiger partial charge in [0.15, 0.2) is 5.13 Å². The lowest BCUT2D eigenvalue weighted by Crippen LogP contribution is -2.29. The number of aliphatic hydroxyl groups excluding tert-OH is 1. The summed E-state index contributed by atoms with van der Waals surface area (Å²) < 4.78 is 11.9. The Balaban J connectivity index is 1.77. The molecule has 10 heteroatoms. The van der Waals surface area contributed by atoms with Crippen molar-refractivity contribution in [3.63, 3.8) is 0 Å². The molecule has 0 aliphatic carbocycles. The molecule has 1 amide bonds. The molecule has 40 heavy (non-hydrogen) atoms. The summed E-state index contributed by atoms with van der Waals surface area (Å²) in [5, 5.41) is 11.5. The first-order chi connectivity index (χ1) is 19.1. The zero-order chi connectivity index (χ0) is 29.0. The highest BCUT2D eigenvalue weighted by atomic mass is 79.9. The van der Waals surface area contributed by atoms with Crippen LogP contribution in [0, 0.1) is 12.8 Å². The number of carbonyl (C=O) groups excluding carboxylic acids is 3. The van der Waals surface area contributed by atoms with Gasteiger partial charge in [-0.05, 0) is 61.2 Å². The number of thiazole rings is 1. The van der Waals surface area contributed by atoms with E-state index in [0.29, 0.717) is 29.2 Å². The van der Waals surface area contributed by atoms with Crippen LogP contribution in [0.25, 0.3) is 5.76 Å². The first kappa shape index (κ1) is 29.5. The van der Waals surface area contributed by atoms with Gasteiger partial charge >= 0.3 is 11.9 Å². The molecule has 0 radical (unpaired) electrons. The van der Waals surface area contributed by atoms with E-state index in [1.54, 1.807) is 55.5 Å². The molecule has 3 aromatic rings. The van der Waals surface area contributed by atoms with E-state index in [1.165, 1.54) is 4.90 Å². The molecule has 1 aliphatic rings. The summed E-state index contributed by atoms with van der Waals surface area (Å²) in [4.78, 5) is 45.6. The molecule has 2 heterocycles. The number of anilines is 1. The monoisotopic (exact) mass is 626 g/mol. The predicted molar refractivity (Wildman–Crippen MR) is 158 cm³/mol. The molecule has 8 nitrogen and oxygen atoms in total. The molecule has 0 bridgehead atoms. The summed E-state index contributed by atoms with van der Waals surface area (Å²) in [5.74, 6) is -1.73. The van der Waals surface area contributed by atoms with Crippen LogP contribution >= 0.6 is 27.3 Å². The number of aromatic nitrogens is 1. The van der Waals surface area contributed by atoms with Gasteiger partial charge in [-0.3, -0.25) is 14.5 Å². The summed E-state index contributed by atoms with van der Waals surface area (Å²) in [6.45, 7) is 8.43. The quantitative estimate of drug-likeness (QED) is 0.0864. The van der Waals surface area contributed by atoms with Crippen LogP contribution in [0.5, 0.6) is 5.75 Å². The molecule has 1 aliphatic heterocycles. The van der Waals surface area contributed by atoms with Crippen LogP contribution in [0.3, 0.4) is 0 Å². The molecule has 1 N–H and O–H groups in total. The van der Waals surface area contributed by atoms with Crippen molar-refractivity contribution in [2.24, 2.45) is 5.92 Å². The van der Waals surface area contributed by atoms with Crippen molar-refractivity contribution < 1.29 is 29.0 Å². The van der Waals surface area contributed by atoms with Crippen LogP contribution in [0.15, 0.2) is 58.6 Å². The van der Waals surface area contributed by atoms with E-state index in [2.05, 4.69) is 27.8 Å². The van der Waals surface area contributed by atoms with Gasteiger partial charge in [0.1, 0.15) is 16.4 Å². The minimum absolute atomic E-state index is 0.0660. The Bertz CT molecular complexity index is 1430. The summed E-state index contributed by atoms with van der Waals surface area (Å²) in [6, 6.07) is 12.9. The van der Waals surface area contributed by atoms with Crippen molar-refractivity contribution >= 4 is 55.8 Å². The van der Waals surface area contributed by atoms with Crippen molar-refractivity contribution in [1.82, 2.24) is 4.98 Å². The van der Waals surface area contributed by atoms with Gasteiger partial charge in [0, 0.05) is 10.0 Å². The number of carbonyl (C=O) groups is 3. The number of hydrogen-bond donors (Lipinski definition) is 1. The van der Waals surface area contributed by atoms with Crippen LogP contribution < -0.4 is 9.64 Å². The van der Waals surface area contributed by atoms with Crippen molar-refractivity contribution in [2.75, 3.05) is 18.1 Å². The van der Waals surface area contributed by atoms with Crippen LogP contribution in [-0.2, 0) is 14.3 Å². The molecular formula is C30H31BrN2O6S. The number of aliphatic hydroxyl groups is 1. The Morgan fingerprint density at radius 3 is 2.42 bits per heavy atom. The molecule has 1 atom stereocenters. The fourth-order valence-electron chi connectivity index (χ4n) is 4.17. The highest BCUT2D eigenvalue weighted by molar-refractivity contribution is 9.10. The average molecular weight is 628 g/mol. The number of aryl methyl sites for hydroxylation is 1. The number of hydrogen-bond acceptors (Lipinski definition) is 8. The number of nitrogens with zero attached hydrogens (tertiary/aromatic N) is 2. The number of rotatable bonds is 10. The van der Waals surface area contributed by atoms with Gasteiger partial charge in [0.2, 0.25) is 0 Å². The first-order valence-electron chi connectivity index (χ1n) is 13.1. The Hall–Kier alpha value is -3.50. The van der Waals surface area contributed by atoms with E-state index in [0.717, 1.165) is 28.7 Å². The van der Waals surface area contributed by atoms with Gasteiger partial charge in [-0.2, -0.15) is 0 Å². The lowest BCUT2D eigenvalue weighted by atomic mass is 9.95. The number of amides is 1. The summed E-state index contributed by atoms with van der Waals surface area (Å²) in [6.07, 6.45) is 1.93. The topological polar surface area (TPSA) is 106 Å². The zero-order valence-corrected chi connectivity index (χ0v) is 25.2. The largest absolute Gasteiger partial charge is 0.507 e. The standard InChI is InChI=1S/C30H31BrN2O6S/c1-5-6-15-38-22-13-9-20(10-14-22)25(34)23-24(19-7-11-21(31)12-8-19)33(28(36)26(23)35)30-32-18(4)27(40-30)29(37)39-16-17(2)3/h7-14,17,24,34H,5-6,15-16H2,1-4H3/t24-/m1/s1. The van der Waals surface area contributed by atoms with Gasteiger partial charge < -0.3 is 14.6 Å². The number of halogens is 1. The van der Waals surface area contributed by atoms with Crippen molar-refractivity contribution in [3.05, 3.63) is 80.3 Å². The predicted octanol–water partition coefficient (Wildman–Crippen LogP) is 6.83. The molecule has 0 saturated carbocycles. The second kappa shape index (κ2) is 12.8. The third kappa shape index (κ3) is 6.28. The highest BCUT2D eigenvalue weighted by Gasteiger charge is 2.48. The van der Waals surface area contributed by atoms with Crippen LogP contribution in [0.2, 0.25) is 0 Å². The highest BCUT2D eigenvalue weighted by Crippen LogP contribution is 2.44. The molecule has 0 unspecified atom stereocenters. The van der Waals surface area contributed by atoms with Crippen molar-refractivity contribution in [3.8, 4) is 5.75 Å². The van der Waals surface area contributed by atoms with Crippen molar-refractivity contribution in [1.29, 1.82) is 0 Å². The van der Waals surface area contributed by atoms with Gasteiger partial charge in [0.05, 0.1) is 30.5 Å². The van der Waals surface area contributed by atoms with E-state index in [9.17, 15) is 19.5 Å². The molecule has 1 fully saturated rings. The van der Waals surface area contributed by atoms with E-state index < -0.39 is 23.7 Å². The fourth-order valence-corrected chi connectivity index (χ4v) is 5.42. The lowest BCUT2D eigenvalue weighted by Gasteiger charge is -2.23. The van der Waals surface area contributed by atoms with Crippen LogP contribution in [-0.4, -0.2) is 41.0 Å².